The number of fused-ring (bicyclic) bond motifs is 1. The Morgan fingerprint density at radius 2 is 1.70 bits per heavy atom. The molecule has 1 unspecified atom stereocenters. The van der Waals surface area contributed by atoms with Gasteiger partial charge < -0.3 is 5.32 Å². The van der Waals surface area contributed by atoms with E-state index in [1.807, 2.05) is 24.4 Å². The van der Waals surface area contributed by atoms with Crippen molar-refractivity contribution < 1.29 is 0 Å². The zero-order chi connectivity index (χ0) is 13.8. The van der Waals surface area contributed by atoms with Crippen molar-refractivity contribution in [3.05, 3.63) is 66.4 Å². The molecule has 20 heavy (non-hydrogen) atoms. The van der Waals surface area contributed by atoms with Gasteiger partial charge in [0.25, 0.3) is 0 Å². The topological polar surface area (TPSA) is 50.7 Å². The van der Waals surface area contributed by atoms with Gasteiger partial charge in [0.05, 0.1) is 11.6 Å². The van der Waals surface area contributed by atoms with Crippen molar-refractivity contribution in [3.8, 4) is 0 Å². The van der Waals surface area contributed by atoms with Crippen LogP contribution in [0.1, 0.15) is 24.4 Å². The molecular formula is C16H16N4. The summed E-state index contributed by atoms with van der Waals surface area (Å²) >= 11 is 0. The van der Waals surface area contributed by atoms with Gasteiger partial charge in [-0.1, -0.05) is 31.2 Å². The summed E-state index contributed by atoms with van der Waals surface area (Å²) in [6.07, 6.45) is 5.36. The van der Waals surface area contributed by atoms with E-state index in [-0.39, 0.29) is 6.04 Å². The fourth-order valence-electron chi connectivity index (χ4n) is 2.36. The molecule has 0 aliphatic heterocycles. The summed E-state index contributed by atoms with van der Waals surface area (Å²) in [4.78, 5) is 13.3. The van der Waals surface area contributed by atoms with Crippen LogP contribution in [-0.4, -0.2) is 21.5 Å². The van der Waals surface area contributed by atoms with Crippen molar-refractivity contribution in [1.82, 2.24) is 20.3 Å². The lowest BCUT2D eigenvalue weighted by Gasteiger charge is -2.18. The van der Waals surface area contributed by atoms with Gasteiger partial charge in [-0.25, -0.2) is 9.97 Å². The van der Waals surface area contributed by atoms with E-state index in [4.69, 9.17) is 0 Å². The van der Waals surface area contributed by atoms with Crippen LogP contribution in [0.25, 0.3) is 10.9 Å². The van der Waals surface area contributed by atoms with Crippen LogP contribution in [0.4, 0.5) is 0 Å². The molecule has 0 bridgehead atoms. The van der Waals surface area contributed by atoms with Crippen molar-refractivity contribution in [2.75, 3.05) is 6.54 Å². The van der Waals surface area contributed by atoms with Crippen LogP contribution in [0.5, 0.6) is 0 Å². The molecule has 0 amide bonds. The monoisotopic (exact) mass is 264 g/mol. The minimum atomic E-state index is -0.0419. The lowest BCUT2D eigenvalue weighted by atomic mass is 10.0. The lowest BCUT2D eigenvalue weighted by Crippen LogP contribution is -2.24. The first kappa shape index (κ1) is 12.7. The van der Waals surface area contributed by atoms with Crippen LogP contribution in [0.3, 0.4) is 0 Å². The second-order valence-corrected chi connectivity index (χ2v) is 4.52. The van der Waals surface area contributed by atoms with Gasteiger partial charge in [0.1, 0.15) is 5.82 Å². The Morgan fingerprint density at radius 3 is 2.50 bits per heavy atom. The molecule has 0 aliphatic carbocycles. The van der Waals surface area contributed by atoms with Crippen LogP contribution in [0.15, 0.2) is 55.0 Å². The van der Waals surface area contributed by atoms with Crippen LogP contribution in [-0.2, 0) is 0 Å². The van der Waals surface area contributed by atoms with Gasteiger partial charge in [0, 0.05) is 29.5 Å². The van der Waals surface area contributed by atoms with Gasteiger partial charge in [-0.05, 0) is 18.7 Å². The molecule has 0 saturated heterocycles. The average Bonchev–Trinajstić information content (AvgIpc) is 2.53. The first-order valence-corrected chi connectivity index (χ1v) is 6.74. The van der Waals surface area contributed by atoms with Crippen molar-refractivity contribution in [2.24, 2.45) is 0 Å². The van der Waals surface area contributed by atoms with Crippen molar-refractivity contribution in [2.45, 2.75) is 13.0 Å². The maximum Gasteiger partial charge on any atom is 0.149 e. The van der Waals surface area contributed by atoms with E-state index in [1.165, 1.54) is 0 Å². The number of benzene rings is 1. The average molecular weight is 264 g/mol. The summed E-state index contributed by atoms with van der Waals surface area (Å²) in [5.41, 5.74) is 2.10. The second-order valence-electron chi connectivity index (χ2n) is 4.52. The summed E-state index contributed by atoms with van der Waals surface area (Å²) in [6.45, 7) is 2.92. The van der Waals surface area contributed by atoms with Gasteiger partial charge in [-0.15, -0.1) is 0 Å². The standard InChI is InChI=1S/C16H16N4/c1-2-17-15(16-19-10-5-11-20-16)13-8-3-6-12-7-4-9-18-14(12)13/h3-11,15,17H,2H2,1H3. The van der Waals surface area contributed by atoms with E-state index in [2.05, 4.69) is 45.4 Å². The molecule has 3 aromatic rings. The lowest BCUT2D eigenvalue weighted by molar-refractivity contribution is 0.600. The summed E-state index contributed by atoms with van der Waals surface area (Å²) in [7, 11) is 0. The minimum absolute atomic E-state index is 0.0419. The largest absolute Gasteiger partial charge is 0.304 e. The number of pyridine rings is 1. The number of rotatable bonds is 4. The van der Waals surface area contributed by atoms with Crippen molar-refractivity contribution in [1.29, 1.82) is 0 Å². The van der Waals surface area contributed by atoms with E-state index in [0.717, 1.165) is 28.8 Å². The molecule has 0 saturated carbocycles. The molecule has 0 fully saturated rings. The van der Waals surface area contributed by atoms with E-state index in [9.17, 15) is 0 Å². The van der Waals surface area contributed by atoms with Crippen LogP contribution in [0.2, 0.25) is 0 Å². The van der Waals surface area contributed by atoms with Crippen molar-refractivity contribution >= 4 is 10.9 Å². The number of nitrogens with one attached hydrogen (secondary N) is 1. The zero-order valence-electron chi connectivity index (χ0n) is 11.3. The smallest absolute Gasteiger partial charge is 0.149 e. The van der Waals surface area contributed by atoms with E-state index >= 15 is 0 Å². The maximum absolute atomic E-state index is 4.51. The highest BCUT2D eigenvalue weighted by Gasteiger charge is 2.18. The van der Waals surface area contributed by atoms with Gasteiger partial charge in [0.2, 0.25) is 0 Å². The SMILES string of the molecule is CCNC(c1ncccn1)c1cccc2cccnc12. The molecule has 3 rings (SSSR count). The fraction of sp³-hybridized carbons (Fsp3) is 0.188. The molecule has 1 aromatic carbocycles. The summed E-state index contributed by atoms with van der Waals surface area (Å²) in [5, 5.41) is 4.57. The summed E-state index contributed by atoms with van der Waals surface area (Å²) < 4.78 is 0. The number of nitrogens with zero attached hydrogens (tertiary/aromatic N) is 3. The summed E-state index contributed by atoms with van der Waals surface area (Å²) in [6, 6.07) is 12.0. The van der Waals surface area contributed by atoms with Crippen LogP contribution < -0.4 is 5.32 Å². The Hall–Kier alpha value is -2.33. The fourth-order valence-corrected chi connectivity index (χ4v) is 2.36. The Balaban J connectivity index is 2.15. The highest BCUT2D eigenvalue weighted by molar-refractivity contribution is 5.82. The molecule has 4 nitrogen and oxygen atoms in total. The predicted octanol–water partition coefficient (Wildman–Crippen LogP) is 2.72. The zero-order valence-corrected chi connectivity index (χ0v) is 11.3. The van der Waals surface area contributed by atoms with E-state index < -0.39 is 0 Å². The Bertz CT molecular complexity index is 692. The van der Waals surface area contributed by atoms with Gasteiger partial charge >= 0.3 is 0 Å². The first-order valence-electron chi connectivity index (χ1n) is 6.74. The third kappa shape index (κ3) is 2.38. The molecule has 2 aromatic heterocycles. The molecule has 4 heteroatoms. The molecule has 1 N–H and O–H groups in total. The number of hydrogen-bond donors (Lipinski definition) is 1. The van der Waals surface area contributed by atoms with Gasteiger partial charge in [0.15, 0.2) is 0 Å². The van der Waals surface area contributed by atoms with E-state index in [1.54, 1.807) is 12.4 Å². The number of para-hydroxylation sites is 1. The normalized spacial score (nSPS) is 12.4. The van der Waals surface area contributed by atoms with E-state index in [0.29, 0.717) is 0 Å². The third-order valence-electron chi connectivity index (χ3n) is 3.23. The Kier molecular flexibility index (Phi) is 3.65. The minimum Gasteiger partial charge on any atom is -0.304 e. The second kappa shape index (κ2) is 5.75. The Morgan fingerprint density at radius 1 is 0.950 bits per heavy atom. The van der Waals surface area contributed by atoms with Gasteiger partial charge in [-0.2, -0.15) is 0 Å². The third-order valence-corrected chi connectivity index (χ3v) is 3.23. The van der Waals surface area contributed by atoms with Crippen LogP contribution >= 0.6 is 0 Å². The molecule has 0 aliphatic rings. The van der Waals surface area contributed by atoms with Crippen LogP contribution in [0, 0.1) is 0 Å². The molecule has 1 atom stereocenters. The first-order chi connectivity index (χ1) is 9.90. The van der Waals surface area contributed by atoms with Crippen molar-refractivity contribution in [3.63, 3.8) is 0 Å². The predicted molar refractivity (Wildman–Crippen MR) is 79.3 cm³/mol. The quantitative estimate of drug-likeness (QED) is 0.787. The maximum atomic E-state index is 4.51. The summed E-state index contributed by atoms with van der Waals surface area (Å²) in [5.74, 6) is 0.771. The molecule has 100 valence electrons. The Labute approximate surface area is 117 Å². The highest BCUT2D eigenvalue weighted by atomic mass is 15.0. The molecule has 2 heterocycles. The highest BCUT2D eigenvalue weighted by Crippen LogP contribution is 2.25. The number of hydrogen-bond acceptors (Lipinski definition) is 4. The number of aromatic nitrogens is 3. The van der Waals surface area contributed by atoms with Gasteiger partial charge in [-0.3, -0.25) is 4.98 Å². The molecule has 0 radical (unpaired) electrons. The molecule has 0 spiro atoms. The molecular weight excluding hydrogens is 248 g/mol.